The van der Waals surface area contributed by atoms with Crippen LogP contribution in [0.1, 0.15) is 18.9 Å². The second kappa shape index (κ2) is 6.85. The number of hydrogen-bond donors (Lipinski definition) is 3. The van der Waals surface area contributed by atoms with E-state index in [-0.39, 0.29) is 0 Å². The van der Waals surface area contributed by atoms with Crippen LogP contribution in [-0.2, 0) is 11.3 Å². The third kappa shape index (κ3) is 4.82. The second-order valence-electron chi connectivity index (χ2n) is 3.61. The first-order chi connectivity index (χ1) is 8.13. The van der Waals surface area contributed by atoms with Crippen LogP contribution < -0.4 is 10.6 Å². The van der Waals surface area contributed by atoms with E-state index in [4.69, 9.17) is 17.3 Å². The molecule has 0 spiro atoms. The molecule has 0 saturated heterocycles. The summed E-state index contributed by atoms with van der Waals surface area (Å²) < 4.78 is 0. The van der Waals surface area contributed by atoms with Crippen molar-refractivity contribution >= 4 is 23.3 Å². The Morgan fingerprint density at radius 1 is 1.41 bits per heavy atom. The Kier molecular flexibility index (Phi) is 5.42. The van der Waals surface area contributed by atoms with Gasteiger partial charge >= 0.3 is 5.97 Å². The van der Waals surface area contributed by atoms with E-state index in [1.54, 1.807) is 6.92 Å². The molecule has 92 valence electrons. The fourth-order valence-corrected chi connectivity index (χ4v) is 1.54. The molecule has 1 atom stereocenters. The number of carbonyl (C=O) groups is 1. The van der Waals surface area contributed by atoms with E-state index in [0.29, 0.717) is 18.1 Å². The molecular weight excluding hydrogens is 236 g/mol. The second-order valence-corrected chi connectivity index (χ2v) is 4.02. The SMILES string of the molecule is CC[C@@H](NC(=S)NCc1ccccc1)C(=O)O. The highest BCUT2D eigenvalue weighted by molar-refractivity contribution is 7.80. The van der Waals surface area contributed by atoms with Crippen molar-refractivity contribution in [1.29, 1.82) is 0 Å². The van der Waals surface area contributed by atoms with Gasteiger partial charge in [-0.3, -0.25) is 0 Å². The Balaban J connectivity index is 2.37. The quantitative estimate of drug-likeness (QED) is 0.693. The van der Waals surface area contributed by atoms with E-state index in [2.05, 4.69) is 10.6 Å². The predicted octanol–water partition coefficient (Wildman–Crippen LogP) is 1.51. The first-order valence-corrected chi connectivity index (χ1v) is 5.85. The summed E-state index contributed by atoms with van der Waals surface area (Å²) in [5, 5.41) is 15.0. The van der Waals surface area contributed by atoms with Crippen LogP contribution in [0.5, 0.6) is 0 Å². The number of rotatable bonds is 5. The zero-order chi connectivity index (χ0) is 12.7. The van der Waals surface area contributed by atoms with Crippen LogP contribution in [0.25, 0.3) is 0 Å². The molecule has 0 aliphatic carbocycles. The van der Waals surface area contributed by atoms with Gasteiger partial charge in [0.05, 0.1) is 0 Å². The first-order valence-electron chi connectivity index (χ1n) is 5.44. The van der Waals surface area contributed by atoms with Gasteiger partial charge in [0, 0.05) is 6.54 Å². The zero-order valence-electron chi connectivity index (χ0n) is 9.64. The lowest BCUT2D eigenvalue weighted by atomic mass is 10.2. The maximum absolute atomic E-state index is 10.8. The van der Waals surface area contributed by atoms with Gasteiger partial charge in [-0.2, -0.15) is 0 Å². The van der Waals surface area contributed by atoms with Crippen molar-refractivity contribution in [3.63, 3.8) is 0 Å². The maximum Gasteiger partial charge on any atom is 0.326 e. The fourth-order valence-electron chi connectivity index (χ4n) is 1.33. The van der Waals surface area contributed by atoms with E-state index >= 15 is 0 Å². The van der Waals surface area contributed by atoms with E-state index in [9.17, 15) is 4.79 Å². The minimum absolute atomic E-state index is 0.364. The molecule has 0 aliphatic rings. The Hall–Kier alpha value is -1.62. The maximum atomic E-state index is 10.8. The average molecular weight is 252 g/mol. The van der Waals surface area contributed by atoms with Crippen molar-refractivity contribution in [2.45, 2.75) is 25.9 Å². The Morgan fingerprint density at radius 3 is 2.59 bits per heavy atom. The molecule has 0 unspecified atom stereocenters. The van der Waals surface area contributed by atoms with Gasteiger partial charge in [-0.15, -0.1) is 0 Å². The van der Waals surface area contributed by atoms with Crippen LogP contribution in [0.15, 0.2) is 30.3 Å². The van der Waals surface area contributed by atoms with Gasteiger partial charge < -0.3 is 15.7 Å². The van der Waals surface area contributed by atoms with Gasteiger partial charge in [-0.05, 0) is 24.2 Å². The van der Waals surface area contributed by atoms with Crippen molar-refractivity contribution in [3.05, 3.63) is 35.9 Å². The van der Waals surface area contributed by atoms with Crippen LogP contribution in [0.3, 0.4) is 0 Å². The normalized spacial score (nSPS) is 11.6. The minimum Gasteiger partial charge on any atom is -0.480 e. The summed E-state index contributed by atoms with van der Waals surface area (Å²) in [5.41, 5.74) is 1.10. The average Bonchev–Trinajstić information content (AvgIpc) is 2.34. The van der Waals surface area contributed by atoms with Crippen LogP contribution >= 0.6 is 12.2 Å². The Bertz CT molecular complexity index is 381. The highest BCUT2D eigenvalue weighted by atomic mass is 32.1. The molecule has 0 aromatic heterocycles. The molecule has 1 aromatic rings. The summed E-state index contributed by atoms with van der Waals surface area (Å²) >= 11 is 5.03. The van der Waals surface area contributed by atoms with Crippen molar-refractivity contribution in [2.24, 2.45) is 0 Å². The Labute approximate surface area is 106 Å². The molecule has 0 radical (unpaired) electrons. The molecule has 0 amide bonds. The minimum atomic E-state index is -0.892. The molecule has 0 aliphatic heterocycles. The van der Waals surface area contributed by atoms with Crippen LogP contribution in [0.4, 0.5) is 0 Å². The van der Waals surface area contributed by atoms with E-state index in [0.717, 1.165) is 5.56 Å². The van der Waals surface area contributed by atoms with Crippen molar-refractivity contribution in [3.8, 4) is 0 Å². The zero-order valence-corrected chi connectivity index (χ0v) is 10.5. The molecule has 0 bridgehead atoms. The summed E-state index contributed by atoms with van der Waals surface area (Å²) in [5.74, 6) is -0.892. The lowest BCUT2D eigenvalue weighted by Crippen LogP contribution is -2.45. The van der Waals surface area contributed by atoms with Crippen LogP contribution in [0, 0.1) is 0 Å². The first kappa shape index (κ1) is 13.4. The van der Waals surface area contributed by atoms with Crippen molar-refractivity contribution in [2.75, 3.05) is 0 Å². The summed E-state index contributed by atoms with van der Waals surface area (Å²) in [7, 11) is 0. The van der Waals surface area contributed by atoms with E-state index < -0.39 is 12.0 Å². The van der Waals surface area contributed by atoms with Crippen LogP contribution in [0.2, 0.25) is 0 Å². The molecule has 1 rings (SSSR count). The fraction of sp³-hybridized carbons (Fsp3) is 0.333. The van der Waals surface area contributed by atoms with Crippen molar-refractivity contribution in [1.82, 2.24) is 10.6 Å². The van der Waals surface area contributed by atoms with Gasteiger partial charge in [0.2, 0.25) is 0 Å². The van der Waals surface area contributed by atoms with Crippen LogP contribution in [-0.4, -0.2) is 22.2 Å². The third-order valence-electron chi connectivity index (χ3n) is 2.31. The van der Waals surface area contributed by atoms with E-state index in [1.165, 1.54) is 0 Å². The molecule has 0 saturated carbocycles. The number of carboxylic acids is 1. The lowest BCUT2D eigenvalue weighted by molar-refractivity contribution is -0.139. The molecule has 17 heavy (non-hydrogen) atoms. The van der Waals surface area contributed by atoms with E-state index in [1.807, 2.05) is 30.3 Å². The summed E-state index contributed by atoms with van der Waals surface area (Å²) in [4.78, 5) is 10.8. The van der Waals surface area contributed by atoms with Gasteiger partial charge in [0.15, 0.2) is 5.11 Å². The highest BCUT2D eigenvalue weighted by Gasteiger charge is 2.15. The lowest BCUT2D eigenvalue weighted by Gasteiger charge is -2.15. The summed E-state index contributed by atoms with van der Waals surface area (Å²) in [6, 6.07) is 9.15. The third-order valence-corrected chi connectivity index (χ3v) is 2.57. The predicted molar refractivity (Wildman–Crippen MR) is 70.7 cm³/mol. The number of aliphatic carboxylic acids is 1. The van der Waals surface area contributed by atoms with Gasteiger partial charge in [-0.25, -0.2) is 4.79 Å². The highest BCUT2D eigenvalue weighted by Crippen LogP contribution is 1.97. The molecule has 3 N–H and O–H groups in total. The standard InChI is InChI=1S/C12H16N2O2S/c1-2-10(11(15)16)14-12(17)13-8-9-6-4-3-5-7-9/h3-7,10H,2,8H2,1H3,(H,15,16)(H2,13,14,17)/t10-/m1/s1. The number of thiocarbonyl (C=S) groups is 1. The summed E-state index contributed by atoms with van der Waals surface area (Å²) in [6.07, 6.45) is 0.489. The number of carboxylic acid groups (broad SMARTS) is 1. The molecule has 1 aromatic carbocycles. The topological polar surface area (TPSA) is 61.4 Å². The summed E-state index contributed by atoms with van der Waals surface area (Å²) in [6.45, 7) is 2.38. The molecule has 5 heteroatoms. The molecule has 0 heterocycles. The molecule has 4 nitrogen and oxygen atoms in total. The number of benzene rings is 1. The number of hydrogen-bond acceptors (Lipinski definition) is 2. The van der Waals surface area contributed by atoms with Gasteiger partial charge in [0.1, 0.15) is 6.04 Å². The monoisotopic (exact) mass is 252 g/mol. The Morgan fingerprint density at radius 2 is 2.06 bits per heavy atom. The molecule has 0 fully saturated rings. The molecular formula is C12H16N2O2S. The van der Waals surface area contributed by atoms with Gasteiger partial charge in [0.25, 0.3) is 0 Å². The largest absolute Gasteiger partial charge is 0.480 e. The van der Waals surface area contributed by atoms with Gasteiger partial charge in [-0.1, -0.05) is 37.3 Å². The smallest absolute Gasteiger partial charge is 0.326 e. The number of nitrogens with one attached hydrogen (secondary N) is 2. The van der Waals surface area contributed by atoms with Crippen molar-refractivity contribution < 1.29 is 9.90 Å².